The van der Waals surface area contributed by atoms with E-state index >= 15 is 0 Å². The summed E-state index contributed by atoms with van der Waals surface area (Å²) in [6, 6.07) is 3.08. The average molecular weight is 336 g/mol. The van der Waals surface area contributed by atoms with Crippen molar-refractivity contribution in [2.45, 2.75) is 18.8 Å². The van der Waals surface area contributed by atoms with Gasteiger partial charge in [0.1, 0.15) is 0 Å². The highest BCUT2D eigenvalue weighted by Crippen LogP contribution is 2.36. The Morgan fingerprint density at radius 1 is 1.06 bits per heavy atom. The van der Waals surface area contributed by atoms with Gasteiger partial charge in [0.25, 0.3) is 0 Å². The lowest BCUT2D eigenvalue weighted by Gasteiger charge is -2.15. The van der Waals surface area contributed by atoms with Gasteiger partial charge in [-0.2, -0.15) is 26.3 Å². The molecule has 18 heavy (non-hydrogen) atoms. The number of alkyl halides is 6. The molecule has 0 unspecified atom stereocenters. The van der Waals surface area contributed by atoms with Gasteiger partial charge in [-0.3, -0.25) is 0 Å². The number of halogens is 7. The maximum atomic E-state index is 12.6. The van der Waals surface area contributed by atoms with Crippen LogP contribution in [0, 0.1) is 0 Å². The third kappa shape index (κ3) is 4.75. The SMILES string of the molecule is FC(F)(F)CCNc1cc(Br)ccc1C(F)(F)F. The zero-order chi connectivity index (χ0) is 14.0. The van der Waals surface area contributed by atoms with Crippen molar-refractivity contribution in [3.8, 4) is 0 Å². The maximum Gasteiger partial charge on any atom is 0.418 e. The van der Waals surface area contributed by atoms with Gasteiger partial charge < -0.3 is 5.32 Å². The quantitative estimate of drug-likeness (QED) is 0.780. The molecule has 0 spiro atoms. The molecular formula is C10H8BrF6N. The lowest BCUT2D eigenvalue weighted by atomic mass is 10.1. The summed E-state index contributed by atoms with van der Waals surface area (Å²) in [5, 5.41) is 2.15. The molecule has 0 fully saturated rings. The molecule has 102 valence electrons. The Morgan fingerprint density at radius 3 is 2.17 bits per heavy atom. The molecule has 0 aliphatic rings. The predicted octanol–water partition coefficient (Wildman–Crippen LogP) is 4.83. The summed E-state index contributed by atoms with van der Waals surface area (Å²) in [4.78, 5) is 0. The van der Waals surface area contributed by atoms with Crippen molar-refractivity contribution in [1.29, 1.82) is 0 Å². The highest BCUT2D eigenvalue weighted by Gasteiger charge is 2.34. The Hall–Kier alpha value is -0.920. The molecule has 0 aliphatic heterocycles. The Kier molecular flexibility index (Phi) is 4.52. The van der Waals surface area contributed by atoms with E-state index in [1.165, 1.54) is 6.07 Å². The van der Waals surface area contributed by atoms with Crippen molar-refractivity contribution in [2.24, 2.45) is 0 Å². The van der Waals surface area contributed by atoms with E-state index in [1.54, 1.807) is 0 Å². The minimum Gasteiger partial charge on any atom is -0.384 e. The summed E-state index contributed by atoms with van der Waals surface area (Å²) < 4.78 is 73.7. The summed E-state index contributed by atoms with van der Waals surface area (Å²) in [5.41, 5.74) is -1.37. The maximum absolute atomic E-state index is 12.6. The third-order valence-corrected chi connectivity index (χ3v) is 2.50. The topological polar surface area (TPSA) is 12.0 Å². The van der Waals surface area contributed by atoms with Gasteiger partial charge in [-0.15, -0.1) is 0 Å². The lowest BCUT2D eigenvalue weighted by Crippen LogP contribution is -2.17. The lowest BCUT2D eigenvalue weighted by molar-refractivity contribution is -0.137. The number of anilines is 1. The molecule has 0 saturated heterocycles. The molecule has 0 aromatic heterocycles. The van der Waals surface area contributed by atoms with Crippen LogP contribution in [0.5, 0.6) is 0 Å². The summed E-state index contributed by atoms with van der Waals surface area (Å²) in [7, 11) is 0. The van der Waals surface area contributed by atoms with E-state index in [2.05, 4.69) is 21.2 Å². The third-order valence-electron chi connectivity index (χ3n) is 2.01. The molecule has 1 rings (SSSR count). The smallest absolute Gasteiger partial charge is 0.384 e. The Bertz CT molecular complexity index is 412. The van der Waals surface area contributed by atoms with Crippen LogP contribution in [-0.2, 0) is 6.18 Å². The van der Waals surface area contributed by atoms with E-state index in [4.69, 9.17) is 0 Å². The molecule has 1 N–H and O–H groups in total. The number of rotatable bonds is 3. The summed E-state index contributed by atoms with van der Waals surface area (Å²) in [6.07, 6.45) is -10.2. The zero-order valence-corrected chi connectivity index (χ0v) is 10.4. The normalized spacial score (nSPS) is 12.6. The molecule has 1 nitrogen and oxygen atoms in total. The van der Waals surface area contributed by atoms with Gasteiger partial charge >= 0.3 is 12.4 Å². The molecule has 1 aromatic rings. The second-order valence-corrected chi connectivity index (χ2v) is 4.40. The van der Waals surface area contributed by atoms with Crippen molar-refractivity contribution in [2.75, 3.05) is 11.9 Å². The van der Waals surface area contributed by atoms with Crippen LogP contribution in [0.4, 0.5) is 32.0 Å². The van der Waals surface area contributed by atoms with Gasteiger partial charge in [0.15, 0.2) is 0 Å². The molecule has 8 heteroatoms. The van der Waals surface area contributed by atoms with Crippen LogP contribution in [0.3, 0.4) is 0 Å². The molecular weight excluding hydrogens is 328 g/mol. The fourth-order valence-corrected chi connectivity index (χ4v) is 1.61. The summed E-state index contributed by atoms with van der Waals surface area (Å²) in [6.45, 7) is -0.608. The van der Waals surface area contributed by atoms with E-state index in [0.29, 0.717) is 4.47 Å². The van der Waals surface area contributed by atoms with Crippen LogP contribution in [0.1, 0.15) is 12.0 Å². The number of benzene rings is 1. The summed E-state index contributed by atoms with van der Waals surface area (Å²) in [5.74, 6) is 0. The van der Waals surface area contributed by atoms with Crippen LogP contribution in [0.2, 0.25) is 0 Å². The minimum atomic E-state index is -4.61. The number of hydrogen-bond acceptors (Lipinski definition) is 1. The molecule has 0 heterocycles. The van der Waals surface area contributed by atoms with Crippen molar-refractivity contribution in [1.82, 2.24) is 0 Å². The number of nitrogens with one attached hydrogen (secondary N) is 1. The average Bonchev–Trinajstić information content (AvgIpc) is 2.13. The van der Waals surface area contributed by atoms with Gasteiger partial charge in [0, 0.05) is 16.7 Å². The largest absolute Gasteiger partial charge is 0.418 e. The summed E-state index contributed by atoms with van der Waals surface area (Å²) >= 11 is 2.96. The molecule has 1 aromatic carbocycles. The van der Waals surface area contributed by atoms with Gasteiger partial charge in [-0.25, -0.2) is 0 Å². The fourth-order valence-electron chi connectivity index (χ4n) is 1.25. The van der Waals surface area contributed by atoms with E-state index < -0.39 is 30.9 Å². The second-order valence-electron chi connectivity index (χ2n) is 3.48. The monoisotopic (exact) mass is 335 g/mol. The Morgan fingerprint density at radius 2 is 1.67 bits per heavy atom. The minimum absolute atomic E-state index is 0.352. The Balaban J connectivity index is 2.84. The first-order valence-electron chi connectivity index (χ1n) is 4.77. The van der Waals surface area contributed by atoms with Crippen molar-refractivity contribution < 1.29 is 26.3 Å². The van der Waals surface area contributed by atoms with E-state index in [-0.39, 0.29) is 5.69 Å². The predicted molar refractivity (Wildman–Crippen MR) is 58.3 cm³/mol. The zero-order valence-electron chi connectivity index (χ0n) is 8.79. The highest BCUT2D eigenvalue weighted by molar-refractivity contribution is 9.10. The van der Waals surface area contributed by atoms with Crippen LogP contribution in [-0.4, -0.2) is 12.7 Å². The Labute approximate surface area is 107 Å². The first-order valence-corrected chi connectivity index (χ1v) is 5.56. The van der Waals surface area contributed by atoms with Gasteiger partial charge in [-0.05, 0) is 18.2 Å². The molecule has 0 saturated carbocycles. The van der Waals surface area contributed by atoms with Gasteiger partial charge in [0.2, 0.25) is 0 Å². The van der Waals surface area contributed by atoms with E-state index in [1.807, 2.05) is 0 Å². The van der Waals surface area contributed by atoms with Gasteiger partial charge in [-0.1, -0.05) is 15.9 Å². The molecule has 0 amide bonds. The van der Waals surface area contributed by atoms with Crippen LogP contribution in [0.25, 0.3) is 0 Å². The molecule has 0 aliphatic carbocycles. The van der Waals surface area contributed by atoms with Crippen molar-refractivity contribution in [3.05, 3.63) is 28.2 Å². The van der Waals surface area contributed by atoms with E-state index in [0.717, 1.165) is 12.1 Å². The van der Waals surface area contributed by atoms with Crippen molar-refractivity contribution in [3.63, 3.8) is 0 Å². The standard InChI is InChI=1S/C10H8BrF6N/c11-6-1-2-7(10(15,16)17)8(5-6)18-4-3-9(12,13)14/h1-2,5,18H,3-4H2. The van der Waals surface area contributed by atoms with Crippen LogP contribution < -0.4 is 5.32 Å². The highest BCUT2D eigenvalue weighted by atomic mass is 79.9. The van der Waals surface area contributed by atoms with Crippen LogP contribution in [0.15, 0.2) is 22.7 Å². The first-order chi connectivity index (χ1) is 8.09. The molecule has 0 atom stereocenters. The van der Waals surface area contributed by atoms with E-state index in [9.17, 15) is 26.3 Å². The number of hydrogen-bond donors (Lipinski definition) is 1. The van der Waals surface area contributed by atoms with Gasteiger partial charge in [0.05, 0.1) is 12.0 Å². The second kappa shape index (κ2) is 5.38. The molecule has 0 bridgehead atoms. The first kappa shape index (κ1) is 15.1. The molecule has 0 radical (unpaired) electrons. The fraction of sp³-hybridized carbons (Fsp3) is 0.400. The van der Waals surface area contributed by atoms with Crippen molar-refractivity contribution >= 4 is 21.6 Å². The van der Waals surface area contributed by atoms with Crippen LogP contribution >= 0.6 is 15.9 Å².